The largest absolute Gasteiger partial charge is 0.462 e. The van der Waals surface area contributed by atoms with Crippen molar-refractivity contribution in [3.63, 3.8) is 0 Å². The van der Waals surface area contributed by atoms with Gasteiger partial charge in [-0.1, -0.05) is 18.2 Å². The van der Waals surface area contributed by atoms with Crippen LogP contribution in [0.4, 0.5) is 11.4 Å². The minimum absolute atomic E-state index is 0.0658. The van der Waals surface area contributed by atoms with Crippen molar-refractivity contribution < 1.29 is 28.8 Å². The van der Waals surface area contributed by atoms with Crippen LogP contribution in [0.15, 0.2) is 36.4 Å². The SMILES string of the molecule is CC(=O)OC[C@@]12C=C[C@@H](O1)[C@H]1C(=O)N(c3ccccc3[N+](=O)[O-])C(=O)[C@H]12. The van der Waals surface area contributed by atoms with E-state index in [1.165, 1.54) is 31.2 Å². The van der Waals surface area contributed by atoms with Crippen LogP contribution in [0, 0.1) is 22.0 Å². The molecule has 0 radical (unpaired) electrons. The van der Waals surface area contributed by atoms with E-state index in [9.17, 15) is 24.5 Å². The molecule has 0 saturated carbocycles. The third-order valence-electron chi connectivity index (χ3n) is 4.98. The Kier molecular flexibility index (Phi) is 3.45. The Labute approximate surface area is 147 Å². The molecule has 1 aromatic carbocycles. The van der Waals surface area contributed by atoms with Crippen LogP contribution in [0.5, 0.6) is 0 Å². The van der Waals surface area contributed by atoms with E-state index in [0.29, 0.717) is 0 Å². The fourth-order valence-electron chi connectivity index (χ4n) is 3.93. The lowest BCUT2D eigenvalue weighted by atomic mass is 9.77. The molecule has 1 aromatic rings. The summed E-state index contributed by atoms with van der Waals surface area (Å²) in [6, 6.07) is 5.59. The highest BCUT2D eigenvalue weighted by molar-refractivity contribution is 6.24. The second-order valence-electron chi connectivity index (χ2n) is 6.44. The molecule has 0 aromatic heterocycles. The van der Waals surface area contributed by atoms with Crippen LogP contribution in [0.3, 0.4) is 0 Å². The number of fused-ring (bicyclic) bond motifs is 5. The van der Waals surface area contributed by atoms with Crippen LogP contribution in [0.1, 0.15) is 6.92 Å². The van der Waals surface area contributed by atoms with Gasteiger partial charge in [-0.3, -0.25) is 24.5 Å². The minimum atomic E-state index is -1.22. The van der Waals surface area contributed by atoms with Gasteiger partial charge in [0.2, 0.25) is 11.8 Å². The Morgan fingerprint density at radius 3 is 2.77 bits per heavy atom. The maximum Gasteiger partial charge on any atom is 0.302 e. The van der Waals surface area contributed by atoms with Crippen LogP contribution in [0.2, 0.25) is 0 Å². The minimum Gasteiger partial charge on any atom is -0.462 e. The lowest BCUT2D eigenvalue weighted by Gasteiger charge is -2.27. The quantitative estimate of drug-likeness (QED) is 0.259. The first-order valence-corrected chi connectivity index (χ1v) is 7.97. The first kappa shape index (κ1) is 16.4. The van der Waals surface area contributed by atoms with Gasteiger partial charge in [-0.05, 0) is 12.1 Å². The summed E-state index contributed by atoms with van der Waals surface area (Å²) < 4.78 is 10.8. The number of para-hydroxylation sites is 2. The molecule has 9 heteroatoms. The zero-order valence-electron chi connectivity index (χ0n) is 13.7. The summed E-state index contributed by atoms with van der Waals surface area (Å²) in [6.45, 7) is 1.04. The number of anilines is 1. The van der Waals surface area contributed by atoms with Crippen molar-refractivity contribution >= 4 is 29.2 Å². The summed E-state index contributed by atoms with van der Waals surface area (Å²) in [5.74, 6) is -3.34. The number of carbonyl (C=O) groups is 3. The normalized spacial score (nSPS) is 31.4. The van der Waals surface area contributed by atoms with Gasteiger partial charge in [0, 0.05) is 13.0 Å². The van der Waals surface area contributed by atoms with E-state index in [2.05, 4.69) is 0 Å². The number of amides is 2. The molecule has 4 rings (SSSR count). The van der Waals surface area contributed by atoms with Crippen molar-refractivity contribution in [3.8, 4) is 0 Å². The zero-order valence-corrected chi connectivity index (χ0v) is 13.7. The molecule has 4 atom stereocenters. The number of nitrogens with zero attached hydrogens (tertiary/aromatic N) is 2. The summed E-state index contributed by atoms with van der Waals surface area (Å²) in [4.78, 5) is 48.6. The number of rotatable bonds is 4. The van der Waals surface area contributed by atoms with E-state index in [4.69, 9.17) is 9.47 Å². The number of carbonyl (C=O) groups excluding carboxylic acids is 3. The highest BCUT2D eigenvalue weighted by Crippen LogP contribution is 2.53. The predicted molar refractivity (Wildman–Crippen MR) is 85.9 cm³/mol. The van der Waals surface area contributed by atoms with Gasteiger partial charge in [-0.15, -0.1) is 0 Å². The molecule has 0 spiro atoms. The molecule has 0 N–H and O–H groups in total. The van der Waals surface area contributed by atoms with Gasteiger partial charge in [0.05, 0.1) is 22.9 Å². The van der Waals surface area contributed by atoms with E-state index in [0.717, 1.165) is 4.90 Å². The van der Waals surface area contributed by atoms with Crippen LogP contribution >= 0.6 is 0 Å². The monoisotopic (exact) mass is 358 g/mol. The van der Waals surface area contributed by atoms with Gasteiger partial charge in [-0.2, -0.15) is 0 Å². The number of nitro benzene ring substituents is 1. The Morgan fingerprint density at radius 1 is 1.35 bits per heavy atom. The molecule has 3 heterocycles. The van der Waals surface area contributed by atoms with Crippen molar-refractivity contribution in [2.24, 2.45) is 11.8 Å². The lowest BCUT2D eigenvalue weighted by molar-refractivity contribution is -0.384. The first-order chi connectivity index (χ1) is 12.4. The Balaban J connectivity index is 1.74. The van der Waals surface area contributed by atoms with E-state index in [-0.39, 0.29) is 18.0 Å². The first-order valence-electron chi connectivity index (χ1n) is 7.97. The smallest absolute Gasteiger partial charge is 0.302 e. The molecular formula is C17H14N2O7. The number of imide groups is 1. The highest BCUT2D eigenvalue weighted by Gasteiger charge is 2.68. The Morgan fingerprint density at radius 2 is 2.08 bits per heavy atom. The molecule has 0 aliphatic carbocycles. The summed E-state index contributed by atoms with van der Waals surface area (Å²) in [5, 5.41) is 11.3. The molecule has 3 aliphatic heterocycles. The van der Waals surface area contributed by atoms with Gasteiger partial charge in [0.15, 0.2) is 0 Å². The molecule has 3 aliphatic rings. The predicted octanol–water partition coefficient (Wildman–Crippen LogP) is 0.971. The molecular weight excluding hydrogens is 344 g/mol. The van der Waals surface area contributed by atoms with Crippen LogP contribution in [0.25, 0.3) is 0 Å². The maximum absolute atomic E-state index is 13.0. The second kappa shape index (κ2) is 5.46. The molecule has 2 bridgehead atoms. The average Bonchev–Trinajstić information content (AvgIpc) is 3.24. The van der Waals surface area contributed by atoms with Gasteiger partial charge in [-0.25, -0.2) is 4.90 Å². The fraction of sp³-hybridized carbons (Fsp3) is 0.353. The number of ether oxygens (including phenoxy) is 2. The average molecular weight is 358 g/mol. The molecule has 0 unspecified atom stereocenters. The number of nitro groups is 1. The number of hydrogen-bond donors (Lipinski definition) is 0. The van der Waals surface area contributed by atoms with Crippen molar-refractivity contribution in [3.05, 3.63) is 46.5 Å². The molecule has 2 amide bonds. The van der Waals surface area contributed by atoms with E-state index >= 15 is 0 Å². The van der Waals surface area contributed by atoms with Crippen molar-refractivity contribution in [1.82, 2.24) is 0 Å². The highest BCUT2D eigenvalue weighted by atomic mass is 16.6. The van der Waals surface area contributed by atoms with Crippen LogP contribution < -0.4 is 4.90 Å². The zero-order chi connectivity index (χ0) is 18.6. The maximum atomic E-state index is 13.0. The molecule has 2 fully saturated rings. The Bertz CT molecular complexity index is 880. The fourth-order valence-corrected chi connectivity index (χ4v) is 3.93. The molecule has 9 nitrogen and oxygen atoms in total. The molecule has 2 saturated heterocycles. The third-order valence-corrected chi connectivity index (χ3v) is 4.98. The third kappa shape index (κ3) is 2.10. The van der Waals surface area contributed by atoms with Crippen molar-refractivity contribution in [2.45, 2.75) is 18.6 Å². The van der Waals surface area contributed by atoms with Gasteiger partial charge in [0.25, 0.3) is 5.69 Å². The second-order valence-corrected chi connectivity index (χ2v) is 6.44. The topological polar surface area (TPSA) is 116 Å². The standard InChI is InChI=1S/C17H14N2O7/c1-9(20)25-8-17-7-6-12(26-17)13-14(17)16(22)18(15(13)21)10-4-2-3-5-11(10)19(23)24/h2-7,12-14H,8H2,1H3/t12-,13-,14+,17-/m1/s1. The van der Waals surface area contributed by atoms with E-state index in [1.807, 2.05) is 0 Å². The van der Waals surface area contributed by atoms with Gasteiger partial charge < -0.3 is 9.47 Å². The van der Waals surface area contributed by atoms with Gasteiger partial charge >= 0.3 is 5.97 Å². The Hall–Kier alpha value is -3.07. The van der Waals surface area contributed by atoms with E-state index in [1.54, 1.807) is 12.2 Å². The summed E-state index contributed by atoms with van der Waals surface area (Å²) >= 11 is 0. The van der Waals surface area contributed by atoms with Gasteiger partial charge in [0.1, 0.15) is 17.9 Å². The van der Waals surface area contributed by atoms with E-state index < -0.39 is 46.2 Å². The summed E-state index contributed by atoms with van der Waals surface area (Å²) in [6.07, 6.45) is 2.67. The van der Waals surface area contributed by atoms with Crippen LogP contribution in [-0.4, -0.2) is 41.0 Å². The molecule has 26 heavy (non-hydrogen) atoms. The lowest BCUT2D eigenvalue weighted by Crippen LogP contribution is -2.44. The number of hydrogen-bond acceptors (Lipinski definition) is 7. The number of esters is 1. The summed E-state index contributed by atoms with van der Waals surface area (Å²) in [5.41, 5.74) is -1.61. The van der Waals surface area contributed by atoms with Crippen LogP contribution in [-0.2, 0) is 23.9 Å². The number of benzene rings is 1. The van der Waals surface area contributed by atoms with Crippen molar-refractivity contribution in [2.75, 3.05) is 11.5 Å². The van der Waals surface area contributed by atoms with Crippen molar-refractivity contribution in [1.29, 1.82) is 0 Å². The molecule has 134 valence electrons. The summed E-state index contributed by atoms with van der Waals surface area (Å²) in [7, 11) is 0.